The zero-order valence-electron chi connectivity index (χ0n) is 30.2. The monoisotopic (exact) mass is 831 g/mol. The van der Waals surface area contributed by atoms with Gasteiger partial charge in [0.05, 0.1) is 18.7 Å². The van der Waals surface area contributed by atoms with Gasteiger partial charge in [-0.2, -0.15) is 0 Å². The Balaban J connectivity index is 1.63. The van der Waals surface area contributed by atoms with Crippen LogP contribution >= 0.6 is 7.82 Å². The quantitative estimate of drug-likeness (QED) is 0.0556. The van der Waals surface area contributed by atoms with Crippen LogP contribution in [-0.4, -0.2) is 136 Å². The number of H-pyrrole nitrogens is 2. The molecule has 0 bridgehead atoms. The van der Waals surface area contributed by atoms with Gasteiger partial charge < -0.3 is 56.2 Å². The summed E-state index contributed by atoms with van der Waals surface area (Å²) in [5, 5.41) is 73.8. The van der Waals surface area contributed by atoms with Crippen LogP contribution in [0.25, 0.3) is 0 Å². The number of carbonyl (C=O) groups is 6. The van der Waals surface area contributed by atoms with Crippen LogP contribution in [0.4, 0.5) is 11.5 Å². The molecule has 0 saturated carbocycles. The van der Waals surface area contributed by atoms with Gasteiger partial charge in [0.1, 0.15) is 53.9 Å². The number of aliphatic hydroxyl groups is 3. The van der Waals surface area contributed by atoms with E-state index in [4.69, 9.17) is 14.7 Å². The highest BCUT2D eigenvalue weighted by molar-refractivity contribution is 7.47. The number of carboxylic acids is 3. The van der Waals surface area contributed by atoms with Gasteiger partial charge in [0.2, 0.25) is 11.8 Å². The molecule has 0 aliphatic carbocycles. The fourth-order valence-corrected chi connectivity index (χ4v) is 6.66. The summed E-state index contributed by atoms with van der Waals surface area (Å²) in [6, 6.07) is 0.515. The molecular weight excluding hydrogens is 789 g/mol. The number of phosphoric acid groups is 1. The number of hydrogen-bond donors (Lipinski definition) is 12. The molecule has 57 heavy (non-hydrogen) atoms. The van der Waals surface area contributed by atoms with Gasteiger partial charge in [-0.1, -0.05) is 6.07 Å². The van der Waals surface area contributed by atoms with Crippen LogP contribution in [0.5, 0.6) is 5.75 Å². The molecule has 314 valence electrons. The summed E-state index contributed by atoms with van der Waals surface area (Å²) in [6.07, 6.45) is -10.7. The number of aliphatic carboxylic acids is 3. The van der Waals surface area contributed by atoms with Crippen LogP contribution in [-0.2, 0) is 42.4 Å². The van der Waals surface area contributed by atoms with Crippen LogP contribution in [0, 0.1) is 0 Å². The average molecular weight is 832 g/mol. The molecule has 2 amide bonds. The van der Waals surface area contributed by atoms with E-state index in [-0.39, 0.29) is 35.0 Å². The number of aliphatic hydroxyl groups excluding tert-OH is 3. The van der Waals surface area contributed by atoms with Crippen LogP contribution in [0.15, 0.2) is 27.8 Å². The van der Waals surface area contributed by atoms with E-state index in [1.54, 1.807) is 0 Å². The van der Waals surface area contributed by atoms with Crippen LogP contribution < -0.4 is 26.8 Å². The van der Waals surface area contributed by atoms with Gasteiger partial charge in [-0.05, 0) is 38.3 Å². The van der Waals surface area contributed by atoms with Gasteiger partial charge in [0, 0.05) is 36.9 Å². The summed E-state index contributed by atoms with van der Waals surface area (Å²) in [6.45, 7) is 0.295. The zero-order valence-corrected chi connectivity index (χ0v) is 31.1. The largest absolute Gasteiger partial charge is 0.508 e. The van der Waals surface area contributed by atoms with Gasteiger partial charge >= 0.3 is 31.4 Å². The number of anilines is 2. The molecule has 2 heterocycles. The molecule has 24 nitrogen and oxygen atoms in total. The molecule has 12 N–H and O–H groups in total. The number of phosphoric ester groups is 1. The molecule has 1 aliphatic heterocycles. The number of amides is 2. The lowest BCUT2D eigenvalue weighted by molar-refractivity contribution is -0.144. The van der Waals surface area contributed by atoms with Gasteiger partial charge in [0.15, 0.2) is 0 Å². The average Bonchev–Trinajstić information content (AvgIpc) is 3.10. The van der Waals surface area contributed by atoms with E-state index in [0.717, 1.165) is 11.8 Å². The Labute approximate surface area is 320 Å². The van der Waals surface area contributed by atoms with E-state index in [2.05, 4.69) is 14.5 Å². The first kappa shape index (κ1) is 45.9. The summed E-state index contributed by atoms with van der Waals surface area (Å²) < 4.78 is 22.0. The number of phenols is 1. The summed E-state index contributed by atoms with van der Waals surface area (Å²) in [5.74, 6) is -8.50. The number of β-amino-alcohol motifs (C(OH)–C–C–N with tert-alkyl or cyclic N) is 1. The van der Waals surface area contributed by atoms with Crippen molar-refractivity contribution in [1.29, 1.82) is 0 Å². The van der Waals surface area contributed by atoms with Crippen LogP contribution in [0.3, 0.4) is 0 Å². The number of nitrogens with zero attached hydrogens (tertiary/aromatic N) is 1. The number of aromatic nitrogens is 2. The Morgan fingerprint density at radius 2 is 1.54 bits per heavy atom. The van der Waals surface area contributed by atoms with Crippen molar-refractivity contribution in [3.8, 4) is 5.75 Å². The minimum atomic E-state index is -5.29. The molecule has 25 heteroatoms. The molecule has 0 spiro atoms. The highest BCUT2D eigenvalue weighted by Gasteiger charge is 2.38. The molecule has 2 aromatic rings. The van der Waals surface area contributed by atoms with E-state index in [1.165, 1.54) is 25.1 Å². The number of Topliss-reactive ketones (excluding diaryl/α,β-unsaturated/α-hetero) is 1. The molecule has 1 unspecified atom stereocenters. The topological polar surface area (TPSA) is 393 Å². The molecule has 1 aromatic carbocycles. The van der Waals surface area contributed by atoms with Gasteiger partial charge in [0.25, 0.3) is 5.56 Å². The Kier molecular flexibility index (Phi) is 15.8. The number of phenolic OH excluding ortho intramolecular Hbond substituents is 1. The fraction of sp³-hybridized carbons (Fsp3) is 0.500. The number of fused-ring (bicyclic) bond motifs is 2. The van der Waals surface area contributed by atoms with E-state index in [9.17, 15) is 73.3 Å². The van der Waals surface area contributed by atoms with Crippen molar-refractivity contribution in [3.63, 3.8) is 0 Å². The Bertz CT molecular complexity index is 2020. The molecule has 0 radical (unpaired) electrons. The lowest BCUT2D eigenvalue weighted by Gasteiger charge is -2.38. The molecular formula is C32H42N5O19P. The number of carbonyl (C=O) groups excluding carboxylic acids is 3. The zero-order chi connectivity index (χ0) is 42.9. The number of ketones is 1. The Morgan fingerprint density at radius 1 is 0.930 bits per heavy atom. The second kappa shape index (κ2) is 19.6. The number of aromatic hydroxyl groups is 1. The standard InChI is InChI=1S/C32H42N5O19P/c1-13(38)9-17-16-4-3-15(39)10-20(16)37(27-25(17)29(47)36-32(52)35-27)11-21(40)26(45)22(41)12-55-57(53,54)56-14(2)28(46)34-19(31(50)51)5-7-23(42)33-18(30(48)49)6-8-24(43)44/h3-4,10,14,17-19,21-22,26,39-41,45H,5-9,11-12H2,1-2H3,(H,33,42)(H,34,46)(H,43,44)(H,48,49)(H,50,51)(H,53,54)(H2,35,36,47,52)/t14-,17-,18-,19-,21-,22+,26-/m0/s1. The van der Waals surface area contributed by atoms with Crippen LogP contribution in [0.2, 0.25) is 0 Å². The minimum Gasteiger partial charge on any atom is -0.508 e. The summed E-state index contributed by atoms with van der Waals surface area (Å²) in [4.78, 5) is 112. The Hall–Kier alpha value is -5.49. The molecule has 1 aromatic heterocycles. The third-order valence-corrected chi connectivity index (χ3v) is 9.59. The smallest absolute Gasteiger partial charge is 0.473 e. The highest BCUT2D eigenvalue weighted by Crippen LogP contribution is 2.46. The molecule has 0 fully saturated rings. The third-order valence-electron chi connectivity index (χ3n) is 8.53. The number of nitrogens with one attached hydrogen (secondary N) is 4. The SMILES string of the molecule is CC(=O)C[C@H]1c2ccc(O)cc2N(C[C@H](O)[C@H](O)[C@H](O)COP(=O)(O)O[C@@H](C)C(=O)N[C@@H](CCC(=O)N[C@@H](CCC(=O)O)C(=O)O)C(=O)O)c2[nH]c(=O)[nH]c(=O)c21. The molecule has 8 atom stereocenters. The molecule has 1 aliphatic rings. The molecule has 3 rings (SSSR count). The Morgan fingerprint density at radius 3 is 2.14 bits per heavy atom. The predicted octanol–water partition coefficient (Wildman–Crippen LogP) is -2.28. The lowest BCUT2D eigenvalue weighted by Crippen LogP contribution is -2.47. The van der Waals surface area contributed by atoms with Crippen molar-refractivity contribution in [3.05, 3.63) is 50.2 Å². The van der Waals surface area contributed by atoms with E-state index in [0.29, 0.717) is 5.56 Å². The van der Waals surface area contributed by atoms with Crippen molar-refractivity contribution in [2.75, 3.05) is 18.1 Å². The predicted molar refractivity (Wildman–Crippen MR) is 190 cm³/mol. The van der Waals surface area contributed by atoms with Gasteiger partial charge in [-0.15, -0.1) is 0 Å². The second-order valence-corrected chi connectivity index (χ2v) is 14.4. The number of benzene rings is 1. The second-order valence-electron chi connectivity index (χ2n) is 12.9. The van der Waals surface area contributed by atoms with Gasteiger partial charge in [-0.25, -0.2) is 18.9 Å². The summed E-state index contributed by atoms with van der Waals surface area (Å²) in [5.41, 5.74) is -1.47. The van der Waals surface area contributed by atoms with E-state index < -0.39 is 130 Å². The maximum atomic E-state index is 13.0. The number of rotatable bonds is 22. The highest BCUT2D eigenvalue weighted by atomic mass is 31.2. The minimum absolute atomic E-state index is 0.0795. The first-order valence-corrected chi connectivity index (χ1v) is 18.4. The van der Waals surface area contributed by atoms with E-state index >= 15 is 0 Å². The van der Waals surface area contributed by atoms with Crippen molar-refractivity contribution >= 4 is 54.8 Å². The first-order valence-electron chi connectivity index (χ1n) is 16.9. The number of hydrogen-bond acceptors (Lipinski definition) is 16. The van der Waals surface area contributed by atoms with Crippen LogP contribution in [0.1, 0.15) is 63.0 Å². The molecule has 0 saturated heterocycles. The number of carboxylic acid groups (broad SMARTS) is 3. The fourth-order valence-electron chi connectivity index (χ4n) is 5.76. The van der Waals surface area contributed by atoms with Crippen molar-refractivity contribution in [1.82, 2.24) is 20.6 Å². The third kappa shape index (κ3) is 12.8. The van der Waals surface area contributed by atoms with E-state index in [1.807, 2.05) is 10.6 Å². The maximum Gasteiger partial charge on any atom is 0.473 e. The summed E-state index contributed by atoms with van der Waals surface area (Å²) >= 11 is 0. The number of aromatic amines is 2. The first-order chi connectivity index (χ1) is 26.5. The van der Waals surface area contributed by atoms with Crippen molar-refractivity contribution < 1.29 is 83.0 Å². The summed E-state index contributed by atoms with van der Waals surface area (Å²) in [7, 11) is -5.29. The van der Waals surface area contributed by atoms with Gasteiger partial charge in [-0.3, -0.25) is 43.0 Å². The normalized spacial score (nSPS) is 17.6. The lowest BCUT2D eigenvalue weighted by atomic mass is 9.83. The van der Waals surface area contributed by atoms with Crippen molar-refractivity contribution in [2.45, 2.75) is 88.4 Å². The van der Waals surface area contributed by atoms with Crippen molar-refractivity contribution in [2.24, 2.45) is 0 Å². The maximum absolute atomic E-state index is 13.0.